The van der Waals surface area contributed by atoms with Gasteiger partial charge in [-0.2, -0.15) is 0 Å². The highest BCUT2D eigenvalue weighted by Crippen LogP contribution is 2.50. The number of allylic oxidation sites excluding steroid dienone is 2. The van der Waals surface area contributed by atoms with E-state index in [1.807, 2.05) is 0 Å². The molecule has 0 aromatic heterocycles. The minimum absolute atomic E-state index is 0.309. The summed E-state index contributed by atoms with van der Waals surface area (Å²) in [6.45, 7) is 6.53. The van der Waals surface area contributed by atoms with Crippen LogP contribution in [0.4, 0.5) is 0 Å². The van der Waals surface area contributed by atoms with Gasteiger partial charge in [0.1, 0.15) is 7.85 Å². The van der Waals surface area contributed by atoms with Crippen molar-refractivity contribution >= 4 is 7.85 Å². The summed E-state index contributed by atoms with van der Waals surface area (Å²) in [4.78, 5) is 0. The molecule has 0 amide bonds. The zero-order valence-electron chi connectivity index (χ0n) is 8.65. The van der Waals surface area contributed by atoms with E-state index in [0.29, 0.717) is 17.0 Å². The van der Waals surface area contributed by atoms with Crippen LogP contribution in [0.5, 0.6) is 0 Å². The summed E-state index contributed by atoms with van der Waals surface area (Å²) in [6, 6.07) is 0. The van der Waals surface area contributed by atoms with Gasteiger partial charge in [-0.05, 0) is 43.0 Å². The molecule has 0 aromatic carbocycles. The number of aliphatic hydroxyl groups excluding tert-OH is 1. The number of rotatable bonds is 2. The molecule has 0 aliphatic heterocycles. The second kappa shape index (κ2) is 3.16. The van der Waals surface area contributed by atoms with E-state index >= 15 is 0 Å². The van der Waals surface area contributed by atoms with Crippen LogP contribution in [0.15, 0.2) is 11.3 Å². The topological polar surface area (TPSA) is 20.2 Å². The van der Waals surface area contributed by atoms with Crippen molar-refractivity contribution in [3.8, 4) is 0 Å². The van der Waals surface area contributed by atoms with Crippen LogP contribution < -0.4 is 0 Å². The van der Waals surface area contributed by atoms with Gasteiger partial charge >= 0.3 is 0 Å². The predicted molar refractivity (Wildman–Crippen MR) is 55.3 cm³/mol. The van der Waals surface area contributed by atoms with Gasteiger partial charge in [0, 0.05) is 0 Å². The highest BCUT2D eigenvalue weighted by atomic mass is 16.3. The van der Waals surface area contributed by atoms with Gasteiger partial charge in [0.15, 0.2) is 0 Å². The van der Waals surface area contributed by atoms with Crippen LogP contribution in [-0.4, -0.2) is 13.0 Å². The molecule has 0 aromatic rings. The van der Waals surface area contributed by atoms with Crippen molar-refractivity contribution in [2.75, 3.05) is 0 Å². The van der Waals surface area contributed by atoms with Crippen LogP contribution in [-0.2, 0) is 0 Å². The van der Waals surface area contributed by atoms with Crippen LogP contribution in [0.3, 0.4) is 0 Å². The maximum absolute atomic E-state index is 9.74. The summed E-state index contributed by atoms with van der Waals surface area (Å²) in [7, 11) is 2.12. The Labute approximate surface area is 76.3 Å². The van der Waals surface area contributed by atoms with Crippen LogP contribution in [0.1, 0.15) is 40.0 Å². The van der Waals surface area contributed by atoms with Crippen LogP contribution in [0, 0.1) is 5.41 Å². The largest absolute Gasteiger partial charge is 0.513 e. The molecule has 0 heterocycles. The third-order valence-electron chi connectivity index (χ3n) is 3.70. The van der Waals surface area contributed by atoms with E-state index in [-0.39, 0.29) is 0 Å². The van der Waals surface area contributed by atoms with Crippen molar-refractivity contribution in [3.63, 3.8) is 0 Å². The van der Waals surface area contributed by atoms with Crippen molar-refractivity contribution < 1.29 is 5.11 Å². The minimum Gasteiger partial charge on any atom is -0.513 e. The minimum atomic E-state index is 0.309. The van der Waals surface area contributed by atoms with Gasteiger partial charge in [-0.25, -0.2) is 0 Å². The monoisotopic (exact) mass is 166 g/mol. The Morgan fingerprint density at radius 1 is 1.50 bits per heavy atom. The summed E-state index contributed by atoms with van der Waals surface area (Å²) in [5.41, 5.74) is 1.55. The molecule has 1 aliphatic rings. The molecular formula is C10H19BO. The predicted octanol–water partition coefficient (Wildman–Crippen LogP) is 2.45. The summed E-state index contributed by atoms with van der Waals surface area (Å²) in [5.74, 6) is 1.03. The molecule has 1 rings (SSSR count). The fraction of sp³-hybridized carbons (Fsp3) is 0.800. The Bertz CT molecular complexity index is 204. The van der Waals surface area contributed by atoms with E-state index in [2.05, 4.69) is 28.6 Å². The second-order valence-corrected chi connectivity index (χ2v) is 4.10. The van der Waals surface area contributed by atoms with Crippen molar-refractivity contribution in [2.45, 2.75) is 45.9 Å². The lowest BCUT2D eigenvalue weighted by molar-refractivity contribution is 0.325. The van der Waals surface area contributed by atoms with Gasteiger partial charge in [-0.3, -0.25) is 0 Å². The lowest BCUT2D eigenvalue weighted by Gasteiger charge is -2.28. The summed E-state index contributed by atoms with van der Waals surface area (Å²) in [5, 5.41) is 9.74. The van der Waals surface area contributed by atoms with E-state index in [1.165, 1.54) is 5.57 Å². The normalized spacial score (nSPS) is 28.1. The maximum Gasteiger partial charge on any atom is 0.115 e. The molecule has 0 bridgehead atoms. The molecule has 1 aliphatic carbocycles. The number of aliphatic hydroxyl groups is 1. The highest BCUT2D eigenvalue weighted by molar-refractivity contribution is 6.13. The summed E-state index contributed by atoms with van der Waals surface area (Å²) < 4.78 is 0. The lowest BCUT2D eigenvalue weighted by Crippen LogP contribution is -2.17. The van der Waals surface area contributed by atoms with Gasteiger partial charge in [-0.15, -0.1) is 0 Å². The smallest absolute Gasteiger partial charge is 0.115 e. The first-order valence-corrected chi connectivity index (χ1v) is 4.97. The number of hydrogen-bond donors (Lipinski definition) is 1. The molecule has 0 radical (unpaired) electrons. The first-order chi connectivity index (χ1) is 5.57. The molecule has 1 unspecified atom stereocenters. The molecule has 1 N–H and O–H groups in total. The number of hydrogen-bond acceptors (Lipinski definition) is 1. The third kappa shape index (κ3) is 1.17. The molecule has 0 saturated heterocycles. The fourth-order valence-corrected chi connectivity index (χ4v) is 2.55. The van der Waals surface area contributed by atoms with Gasteiger partial charge < -0.3 is 5.11 Å². The molecule has 0 saturated carbocycles. The fourth-order valence-electron chi connectivity index (χ4n) is 2.55. The summed E-state index contributed by atoms with van der Waals surface area (Å²) in [6.07, 6.45) is 3.45. The molecule has 1 nitrogen and oxygen atoms in total. The molecule has 12 heavy (non-hydrogen) atoms. The van der Waals surface area contributed by atoms with Crippen molar-refractivity contribution in [1.82, 2.24) is 0 Å². The quantitative estimate of drug-likeness (QED) is 0.624. The summed E-state index contributed by atoms with van der Waals surface area (Å²) >= 11 is 0. The van der Waals surface area contributed by atoms with Crippen molar-refractivity contribution in [1.29, 1.82) is 0 Å². The van der Waals surface area contributed by atoms with Gasteiger partial charge in [0.2, 0.25) is 0 Å². The van der Waals surface area contributed by atoms with Gasteiger partial charge in [0.25, 0.3) is 0 Å². The molecule has 68 valence electrons. The van der Waals surface area contributed by atoms with Crippen molar-refractivity contribution in [3.05, 3.63) is 11.3 Å². The molecule has 0 fully saturated rings. The molecule has 2 heteroatoms. The van der Waals surface area contributed by atoms with Gasteiger partial charge in [0.05, 0.1) is 5.76 Å². The lowest BCUT2D eigenvalue weighted by atomic mass is 9.73. The third-order valence-corrected chi connectivity index (χ3v) is 3.70. The second-order valence-electron chi connectivity index (χ2n) is 4.10. The maximum atomic E-state index is 9.74. The van der Waals surface area contributed by atoms with Crippen LogP contribution in [0.25, 0.3) is 0 Å². The Balaban J connectivity index is 2.97. The first-order valence-electron chi connectivity index (χ1n) is 4.97. The Morgan fingerprint density at radius 3 is 2.17 bits per heavy atom. The Morgan fingerprint density at radius 2 is 2.00 bits per heavy atom. The van der Waals surface area contributed by atoms with E-state index < -0.39 is 0 Å². The molecule has 0 spiro atoms. The zero-order valence-corrected chi connectivity index (χ0v) is 8.65. The average Bonchev–Trinajstić information content (AvgIpc) is 2.30. The van der Waals surface area contributed by atoms with E-state index in [4.69, 9.17) is 0 Å². The molecular weight excluding hydrogens is 147 g/mol. The first kappa shape index (κ1) is 9.69. The van der Waals surface area contributed by atoms with E-state index in [9.17, 15) is 5.11 Å². The van der Waals surface area contributed by atoms with E-state index in [0.717, 1.165) is 19.3 Å². The van der Waals surface area contributed by atoms with E-state index in [1.54, 1.807) is 0 Å². The average molecular weight is 166 g/mol. The van der Waals surface area contributed by atoms with Crippen molar-refractivity contribution in [2.24, 2.45) is 5.41 Å². The SMILES string of the molecule is BC1CC(CC)(CC)C(C)=C1O. The van der Waals surface area contributed by atoms with Gasteiger partial charge in [-0.1, -0.05) is 13.8 Å². The highest BCUT2D eigenvalue weighted by Gasteiger charge is 2.39. The Kier molecular flexibility index (Phi) is 2.55. The Hall–Kier alpha value is -0.395. The molecule has 1 atom stereocenters. The van der Waals surface area contributed by atoms with Crippen LogP contribution in [0.2, 0.25) is 5.82 Å². The zero-order chi connectivity index (χ0) is 9.35. The van der Waals surface area contributed by atoms with Crippen LogP contribution >= 0.6 is 0 Å². The standard InChI is InChI=1S/C10H19BO/c1-4-10(5-2)6-8(11)9(12)7(10)3/h8,12H,4-6,11H2,1-3H3.